The highest BCUT2D eigenvalue weighted by molar-refractivity contribution is 6.26. The van der Waals surface area contributed by atoms with E-state index in [-0.39, 0.29) is 11.3 Å². The van der Waals surface area contributed by atoms with Crippen LogP contribution in [0.15, 0.2) is 48.2 Å². The molecule has 0 atom stereocenters. The van der Waals surface area contributed by atoms with Crippen molar-refractivity contribution in [1.29, 1.82) is 0 Å². The number of imidazole rings is 1. The molecule has 0 bridgehead atoms. The third-order valence-corrected chi connectivity index (χ3v) is 4.66. The number of benzene rings is 2. The molecule has 0 radical (unpaired) electrons. The summed E-state index contributed by atoms with van der Waals surface area (Å²) in [6.07, 6.45) is 0.347. The molecule has 2 aromatic carbocycles. The average Bonchev–Trinajstić information content (AvgIpc) is 3.01. The van der Waals surface area contributed by atoms with Crippen LogP contribution in [0.4, 0.5) is 15.8 Å². The van der Waals surface area contributed by atoms with E-state index in [4.69, 9.17) is 0 Å². The topological polar surface area (TPSA) is 70.4 Å². The first kappa shape index (κ1) is 17.1. The Morgan fingerprint density at radius 3 is 2.81 bits per heavy atom. The molecule has 7 heteroatoms. The molecule has 138 valence electrons. The zero-order chi connectivity index (χ0) is 19.1. The van der Waals surface area contributed by atoms with Gasteiger partial charge in [0.2, 0.25) is 0 Å². The number of anilines is 2. The number of aromatic nitrogens is 2. The minimum Gasteiger partial charge on any atom is -0.511 e. The molecule has 0 unspecified atom stereocenters. The maximum Gasteiger partial charge on any atom is 0.262 e. The molecular formula is C20H19FN4O2. The molecule has 0 fully saturated rings. The quantitative estimate of drug-likeness (QED) is 0.744. The van der Waals surface area contributed by atoms with Gasteiger partial charge in [-0.15, -0.1) is 0 Å². The number of hydrogen-bond acceptors (Lipinski definition) is 4. The summed E-state index contributed by atoms with van der Waals surface area (Å²) in [4.78, 5) is 19.2. The monoisotopic (exact) mass is 366 g/mol. The second-order valence-corrected chi connectivity index (χ2v) is 6.66. The number of aliphatic hydroxyl groups excluding tert-OH is 1. The summed E-state index contributed by atoms with van der Waals surface area (Å²) in [5.41, 5.74) is 2.82. The second-order valence-electron chi connectivity index (χ2n) is 6.66. The first-order chi connectivity index (χ1) is 13.0. The number of carbonyl (C=O) groups is 1. The fourth-order valence-electron chi connectivity index (χ4n) is 3.36. The summed E-state index contributed by atoms with van der Waals surface area (Å²) >= 11 is 0. The summed E-state index contributed by atoms with van der Waals surface area (Å²) in [6, 6.07) is 11.7. The van der Waals surface area contributed by atoms with E-state index in [2.05, 4.69) is 10.3 Å². The molecule has 0 spiro atoms. The van der Waals surface area contributed by atoms with Crippen LogP contribution in [0.5, 0.6) is 0 Å². The molecule has 2 N–H and O–H groups in total. The van der Waals surface area contributed by atoms with E-state index >= 15 is 0 Å². The minimum atomic E-state index is -0.474. The number of para-hydroxylation sites is 2. The lowest BCUT2D eigenvalue weighted by atomic mass is 10.1. The van der Waals surface area contributed by atoms with Crippen molar-refractivity contribution in [3.05, 3.63) is 59.9 Å². The van der Waals surface area contributed by atoms with Crippen molar-refractivity contribution in [3.63, 3.8) is 0 Å². The largest absolute Gasteiger partial charge is 0.511 e. The smallest absolute Gasteiger partial charge is 0.262 e. The average molecular weight is 366 g/mol. The van der Waals surface area contributed by atoms with E-state index in [1.807, 2.05) is 28.8 Å². The Morgan fingerprint density at radius 2 is 2.04 bits per heavy atom. The predicted molar refractivity (Wildman–Crippen MR) is 103 cm³/mol. The maximum absolute atomic E-state index is 13.6. The van der Waals surface area contributed by atoms with Crippen molar-refractivity contribution >= 4 is 33.9 Å². The molecule has 6 nitrogen and oxygen atoms in total. The molecule has 1 amide bonds. The van der Waals surface area contributed by atoms with E-state index in [1.54, 1.807) is 19.0 Å². The number of hydrogen-bond donors (Lipinski definition) is 2. The Balaban J connectivity index is 1.75. The molecule has 0 aliphatic carbocycles. The van der Waals surface area contributed by atoms with Crippen LogP contribution in [0, 0.1) is 5.82 Å². The normalized spacial score (nSPS) is 13.6. The molecule has 0 saturated heterocycles. The Hall–Kier alpha value is -3.35. The van der Waals surface area contributed by atoms with Gasteiger partial charge in [-0.1, -0.05) is 12.1 Å². The van der Waals surface area contributed by atoms with Gasteiger partial charge in [0, 0.05) is 27.1 Å². The number of amides is 1. The van der Waals surface area contributed by atoms with Crippen molar-refractivity contribution in [2.24, 2.45) is 0 Å². The molecule has 1 aliphatic rings. The number of rotatable bonds is 3. The first-order valence-electron chi connectivity index (χ1n) is 8.61. The summed E-state index contributed by atoms with van der Waals surface area (Å²) < 4.78 is 15.5. The number of halogens is 1. The summed E-state index contributed by atoms with van der Waals surface area (Å²) in [7, 11) is 3.53. The van der Waals surface area contributed by atoms with Gasteiger partial charge in [0.1, 0.15) is 23.0 Å². The highest BCUT2D eigenvalue weighted by Gasteiger charge is 2.28. The van der Waals surface area contributed by atoms with Gasteiger partial charge in [-0.2, -0.15) is 0 Å². The van der Waals surface area contributed by atoms with Gasteiger partial charge < -0.3 is 19.9 Å². The van der Waals surface area contributed by atoms with Crippen molar-refractivity contribution in [2.75, 3.05) is 24.3 Å². The van der Waals surface area contributed by atoms with Crippen LogP contribution in [0.25, 0.3) is 16.6 Å². The van der Waals surface area contributed by atoms with Crippen molar-refractivity contribution < 1.29 is 14.3 Å². The zero-order valence-corrected chi connectivity index (χ0v) is 15.0. The Labute approximate surface area is 155 Å². The van der Waals surface area contributed by atoms with Crippen LogP contribution in [-0.2, 0) is 11.3 Å². The third kappa shape index (κ3) is 2.91. The van der Waals surface area contributed by atoms with Gasteiger partial charge in [0.15, 0.2) is 0 Å². The van der Waals surface area contributed by atoms with Gasteiger partial charge in [-0.05, 0) is 30.3 Å². The Morgan fingerprint density at radius 1 is 1.26 bits per heavy atom. The number of aryl methyl sites for hydroxylation is 1. The van der Waals surface area contributed by atoms with E-state index in [0.29, 0.717) is 30.2 Å². The molecule has 2 heterocycles. The van der Waals surface area contributed by atoms with Crippen molar-refractivity contribution in [2.45, 2.75) is 13.0 Å². The summed E-state index contributed by atoms with van der Waals surface area (Å²) in [5, 5.41) is 13.2. The standard InChI is InChI=1S/C20H19FN4O2/c1-24(2)16-11-12(21)7-8-14(16)23-20(27)18-17(26)9-10-25-15-6-4-3-5-13(15)22-19(18)25/h3-8,11,26H,9-10H2,1-2H3,(H,23,27). The SMILES string of the molecule is CN(C)c1cc(F)ccc1NC(=O)C1=C(O)CCn2c1nc1ccccc12. The fourth-order valence-corrected chi connectivity index (χ4v) is 3.36. The summed E-state index contributed by atoms with van der Waals surface area (Å²) in [5.74, 6) is -0.425. The fraction of sp³-hybridized carbons (Fsp3) is 0.200. The lowest BCUT2D eigenvalue weighted by molar-refractivity contribution is -0.111. The van der Waals surface area contributed by atoms with E-state index in [1.165, 1.54) is 18.2 Å². The number of aliphatic hydroxyl groups is 1. The molecule has 0 saturated carbocycles. The summed E-state index contributed by atoms with van der Waals surface area (Å²) in [6.45, 7) is 0.554. The van der Waals surface area contributed by atoms with Gasteiger partial charge in [-0.3, -0.25) is 4.79 Å². The van der Waals surface area contributed by atoms with Crippen LogP contribution in [0.1, 0.15) is 12.2 Å². The van der Waals surface area contributed by atoms with Crippen molar-refractivity contribution in [1.82, 2.24) is 9.55 Å². The molecule has 1 aliphatic heterocycles. The predicted octanol–water partition coefficient (Wildman–Crippen LogP) is 3.55. The number of carbonyl (C=O) groups excluding carboxylic acids is 1. The van der Waals surface area contributed by atoms with Crippen LogP contribution >= 0.6 is 0 Å². The molecule has 4 rings (SSSR count). The van der Waals surface area contributed by atoms with E-state index in [9.17, 15) is 14.3 Å². The number of nitrogens with one attached hydrogen (secondary N) is 1. The van der Waals surface area contributed by atoms with Gasteiger partial charge >= 0.3 is 0 Å². The number of allylic oxidation sites excluding steroid dienone is 1. The van der Waals surface area contributed by atoms with Gasteiger partial charge in [0.25, 0.3) is 5.91 Å². The minimum absolute atomic E-state index is 0.00354. The van der Waals surface area contributed by atoms with E-state index < -0.39 is 11.7 Å². The lowest BCUT2D eigenvalue weighted by Crippen LogP contribution is -2.23. The highest BCUT2D eigenvalue weighted by Crippen LogP contribution is 2.32. The zero-order valence-electron chi connectivity index (χ0n) is 15.0. The Kier molecular flexibility index (Phi) is 4.07. The van der Waals surface area contributed by atoms with Crippen LogP contribution in [0.3, 0.4) is 0 Å². The van der Waals surface area contributed by atoms with Crippen LogP contribution in [0.2, 0.25) is 0 Å². The van der Waals surface area contributed by atoms with Crippen LogP contribution in [-0.4, -0.2) is 34.7 Å². The van der Waals surface area contributed by atoms with E-state index in [0.717, 1.165) is 11.0 Å². The molecular weight excluding hydrogens is 347 g/mol. The van der Waals surface area contributed by atoms with Gasteiger partial charge in [0.05, 0.1) is 22.4 Å². The maximum atomic E-state index is 13.6. The third-order valence-electron chi connectivity index (χ3n) is 4.66. The van der Waals surface area contributed by atoms with Crippen LogP contribution < -0.4 is 10.2 Å². The van der Waals surface area contributed by atoms with Crippen molar-refractivity contribution in [3.8, 4) is 0 Å². The number of fused-ring (bicyclic) bond motifs is 3. The van der Waals surface area contributed by atoms with Gasteiger partial charge in [-0.25, -0.2) is 9.37 Å². The molecule has 3 aromatic rings. The molecule has 1 aromatic heterocycles. The number of nitrogens with zero attached hydrogens (tertiary/aromatic N) is 3. The second kappa shape index (κ2) is 6.42. The molecule has 27 heavy (non-hydrogen) atoms. The lowest BCUT2D eigenvalue weighted by Gasteiger charge is -2.21. The Bertz CT molecular complexity index is 1080. The highest BCUT2D eigenvalue weighted by atomic mass is 19.1. The first-order valence-corrected chi connectivity index (χ1v) is 8.61.